The lowest BCUT2D eigenvalue weighted by molar-refractivity contribution is 0.103. The minimum atomic E-state index is 0.0542. The lowest BCUT2D eigenvalue weighted by Gasteiger charge is -2.20. The Morgan fingerprint density at radius 2 is 1.78 bits per heavy atom. The lowest BCUT2D eigenvalue weighted by atomic mass is 9.83. The second-order valence-electron chi connectivity index (χ2n) is 7.37. The van der Waals surface area contributed by atoms with Gasteiger partial charge in [-0.15, -0.1) is 0 Å². The molecule has 0 unspecified atom stereocenters. The van der Waals surface area contributed by atoms with Crippen LogP contribution in [0.25, 0.3) is 0 Å². The van der Waals surface area contributed by atoms with Gasteiger partial charge in [0, 0.05) is 24.2 Å². The fourth-order valence-corrected chi connectivity index (χ4v) is 4.09. The van der Waals surface area contributed by atoms with E-state index in [1.54, 1.807) is 0 Å². The molecular weight excluding hydrogens is 334 g/mol. The van der Waals surface area contributed by atoms with Crippen molar-refractivity contribution in [2.24, 2.45) is 9.98 Å². The van der Waals surface area contributed by atoms with E-state index >= 15 is 0 Å². The molecule has 1 aromatic carbocycles. The molecule has 134 valence electrons. The summed E-state index contributed by atoms with van der Waals surface area (Å²) < 4.78 is 0. The molecule has 0 atom stereocenters. The normalized spacial score (nSPS) is 21.4. The Kier molecular flexibility index (Phi) is 3.78. The standard InChI is InChI=1S/C23H21N3O/c1-15-7-6-8-16(12-11-15)19-21-20(17-9-2-3-10-18(17)22(19)27)24-23(25-21)26-13-4-5-14-26/h2-3,6-7,9-12H,4-5,8,13-14H2,1H3. The summed E-state index contributed by atoms with van der Waals surface area (Å²) in [5, 5.41) is 0. The maximum absolute atomic E-state index is 13.4. The van der Waals surface area contributed by atoms with Crippen LogP contribution in [0.5, 0.6) is 0 Å². The van der Waals surface area contributed by atoms with Gasteiger partial charge in [-0.1, -0.05) is 54.1 Å². The van der Waals surface area contributed by atoms with Crippen molar-refractivity contribution in [1.82, 2.24) is 4.90 Å². The highest BCUT2D eigenvalue weighted by Crippen LogP contribution is 2.36. The summed E-state index contributed by atoms with van der Waals surface area (Å²) in [6.07, 6.45) is 11.4. The van der Waals surface area contributed by atoms with Gasteiger partial charge >= 0.3 is 0 Å². The smallest absolute Gasteiger partial charge is 0.226 e. The third-order valence-electron chi connectivity index (χ3n) is 5.51. The number of rotatable bonds is 1. The van der Waals surface area contributed by atoms with E-state index in [4.69, 9.17) is 9.98 Å². The van der Waals surface area contributed by atoms with Crippen molar-refractivity contribution < 1.29 is 4.79 Å². The van der Waals surface area contributed by atoms with Gasteiger partial charge in [0.15, 0.2) is 5.78 Å². The molecule has 0 bridgehead atoms. The number of allylic oxidation sites excluding steroid dienone is 8. The molecule has 0 aromatic heterocycles. The zero-order chi connectivity index (χ0) is 18.4. The second-order valence-corrected chi connectivity index (χ2v) is 7.37. The van der Waals surface area contributed by atoms with Gasteiger partial charge in [0.05, 0.1) is 5.57 Å². The predicted octanol–water partition coefficient (Wildman–Crippen LogP) is 4.22. The van der Waals surface area contributed by atoms with E-state index in [-0.39, 0.29) is 5.78 Å². The number of hydrogen-bond donors (Lipinski definition) is 0. The second kappa shape index (κ2) is 6.31. The molecular formula is C23H21N3O. The van der Waals surface area contributed by atoms with Gasteiger partial charge in [0.1, 0.15) is 11.4 Å². The van der Waals surface area contributed by atoms with Crippen LogP contribution in [-0.4, -0.2) is 35.4 Å². The first-order valence-electron chi connectivity index (χ1n) is 9.58. The van der Waals surface area contributed by atoms with Crippen LogP contribution >= 0.6 is 0 Å². The highest BCUT2D eigenvalue weighted by Gasteiger charge is 2.36. The van der Waals surface area contributed by atoms with Crippen molar-refractivity contribution in [3.05, 3.63) is 82.1 Å². The van der Waals surface area contributed by atoms with Gasteiger partial charge < -0.3 is 4.90 Å². The molecule has 4 aliphatic rings. The molecule has 0 radical (unpaired) electrons. The van der Waals surface area contributed by atoms with Crippen molar-refractivity contribution in [2.45, 2.75) is 26.2 Å². The summed E-state index contributed by atoms with van der Waals surface area (Å²) in [5.74, 6) is 0.814. The van der Waals surface area contributed by atoms with Crippen LogP contribution in [0.15, 0.2) is 81.0 Å². The summed E-state index contributed by atoms with van der Waals surface area (Å²) in [6, 6.07) is 7.77. The molecule has 1 aromatic rings. The van der Waals surface area contributed by atoms with E-state index in [9.17, 15) is 4.79 Å². The van der Waals surface area contributed by atoms with Crippen LogP contribution in [0, 0.1) is 0 Å². The van der Waals surface area contributed by atoms with Gasteiger partial charge in [-0.05, 0) is 31.8 Å². The van der Waals surface area contributed by atoms with Crippen molar-refractivity contribution in [1.29, 1.82) is 0 Å². The highest BCUT2D eigenvalue weighted by molar-refractivity contribution is 6.33. The zero-order valence-electron chi connectivity index (χ0n) is 15.4. The number of nitrogens with zero attached hydrogens (tertiary/aromatic N) is 3. The molecule has 0 N–H and O–H groups in total. The highest BCUT2D eigenvalue weighted by atomic mass is 16.1. The molecule has 2 heterocycles. The molecule has 4 nitrogen and oxygen atoms in total. The Morgan fingerprint density at radius 3 is 2.59 bits per heavy atom. The summed E-state index contributed by atoms with van der Waals surface area (Å²) in [6.45, 7) is 4.04. The van der Waals surface area contributed by atoms with Crippen LogP contribution in [0.4, 0.5) is 0 Å². The van der Waals surface area contributed by atoms with Crippen molar-refractivity contribution in [2.75, 3.05) is 13.1 Å². The number of fused-ring (bicyclic) bond motifs is 3. The van der Waals surface area contributed by atoms with E-state index in [1.807, 2.05) is 24.3 Å². The van der Waals surface area contributed by atoms with Crippen LogP contribution in [0.2, 0.25) is 0 Å². The number of likely N-dealkylation sites (tertiary alicyclic amines) is 1. The summed E-state index contributed by atoms with van der Waals surface area (Å²) in [4.78, 5) is 25.4. The van der Waals surface area contributed by atoms with E-state index in [2.05, 4.69) is 36.1 Å². The van der Waals surface area contributed by atoms with Crippen LogP contribution < -0.4 is 0 Å². The summed E-state index contributed by atoms with van der Waals surface area (Å²) in [5.41, 5.74) is 6.11. The zero-order valence-corrected chi connectivity index (χ0v) is 15.4. The van der Waals surface area contributed by atoms with Crippen molar-refractivity contribution in [3.63, 3.8) is 0 Å². The molecule has 2 aliphatic heterocycles. The molecule has 5 rings (SSSR count). The minimum absolute atomic E-state index is 0.0542. The number of hydrogen-bond acceptors (Lipinski definition) is 4. The predicted molar refractivity (Wildman–Crippen MR) is 108 cm³/mol. The van der Waals surface area contributed by atoms with E-state index in [1.165, 1.54) is 18.4 Å². The van der Waals surface area contributed by atoms with Crippen LogP contribution in [0.1, 0.15) is 42.1 Å². The Labute approximate surface area is 159 Å². The molecule has 4 heteroatoms. The van der Waals surface area contributed by atoms with Crippen molar-refractivity contribution in [3.8, 4) is 0 Å². The molecule has 27 heavy (non-hydrogen) atoms. The maximum atomic E-state index is 13.4. The van der Waals surface area contributed by atoms with E-state index < -0.39 is 0 Å². The first-order valence-corrected chi connectivity index (χ1v) is 9.58. The Balaban J connectivity index is 1.70. The number of carbonyl (C=O) groups is 1. The number of Topliss-reactive ketones (excluding diaryl/α,β-unsaturated/α-hetero) is 1. The molecule has 0 spiro atoms. The molecule has 1 saturated heterocycles. The molecule has 0 saturated carbocycles. The SMILES string of the molecule is CC1=CC=C(C2=C3N=C(N4CCCC4)N=C3c3ccccc3C2=O)CC=C1. The van der Waals surface area contributed by atoms with E-state index in [0.717, 1.165) is 53.6 Å². The molecule has 2 aliphatic carbocycles. The maximum Gasteiger partial charge on any atom is 0.226 e. The minimum Gasteiger partial charge on any atom is -0.341 e. The Hall–Kier alpha value is -3.01. The average Bonchev–Trinajstić information content (AvgIpc) is 3.31. The number of benzene rings is 1. The quantitative estimate of drug-likeness (QED) is 0.757. The summed E-state index contributed by atoms with van der Waals surface area (Å²) >= 11 is 0. The number of ketones is 1. The number of guanidine groups is 1. The number of carbonyl (C=O) groups excluding carboxylic acids is 1. The molecule has 0 amide bonds. The first-order chi connectivity index (χ1) is 13.2. The monoisotopic (exact) mass is 355 g/mol. The van der Waals surface area contributed by atoms with Gasteiger partial charge in [-0.25, -0.2) is 9.98 Å². The van der Waals surface area contributed by atoms with Crippen LogP contribution in [0.3, 0.4) is 0 Å². The third kappa shape index (κ3) is 2.64. The van der Waals surface area contributed by atoms with Gasteiger partial charge in [0.2, 0.25) is 5.96 Å². The fourth-order valence-electron chi connectivity index (χ4n) is 4.09. The van der Waals surface area contributed by atoms with Gasteiger partial charge in [-0.2, -0.15) is 0 Å². The topological polar surface area (TPSA) is 45.0 Å². The fraction of sp³-hybridized carbons (Fsp3) is 0.261. The van der Waals surface area contributed by atoms with Gasteiger partial charge in [0.25, 0.3) is 0 Å². The largest absolute Gasteiger partial charge is 0.341 e. The lowest BCUT2D eigenvalue weighted by Crippen LogP contribution is -2.25. The molecule has 1 fully saturated rings. The van der Waals surface area contributed by atoms with Crippen molar-refractivity contribution >= 4 is 17.5 Å². The number of aliphatic imine (C=N–C) groups is 2. The Bertz CT molecular complexity index is 1030. The summed E-state index contributed by atoms with van der Waals surface area (Å²) in [7, 11) is 0. The third-order valence-corrected chi connectivity index (χ3v) is 5.51. The van der Waals surface area contributed by atoms with Gasteiger partial charge in [-0.3, -0.25) is 4.79 Å². The Morgan fingerprint density at radius 1 is 1.00 bits per heavy atom. The van der Waals surface area contributed by atoms with Crippen LogP contribution in [-0.2, 0) is 0 Å². The first kappa shape index (κ1) is 16.2. The average molecular weight is 355 g/mol. The van der Waals surface area contributed by atoms with E-state index in [0.29, 0.717) is 5.57 Å².